The van der Waals surface area contributed by atoms with Crippen LogP contribution in [0.4, 0.5) is 0 Å². The molecule has 0 aliphatic heterocycles. The highest BCUT2D eigenvalue weighted by Gasteiger charge is 1.97. The molecule has 0 bridgehead atoms. The Hall–Kier alpha value is -0.340. The van der Waals surface area contributed by atoms with Crippen LogP contribution in [0.3, 0.4) is 0 Å². The minimum Gasteiger partial charge on any atom is -0.344 e. The van der Waals surface area contributed by atoms with Gasteiger partial charge < -0.3 is 5.32 Å². The maximum Gasteiger partial charge on any atom is 0.111 e. The molecule has 0 aliphatic rings. The first-order valence-corrected chi connectivity index (χ1v) is 4.03. The SMILES string of the molecule is C[NH2+]Cc1sccc1C. The third-order valence-electron chi connectivity index (χ3n) is 1.36. The average molecular weight is 142 g/mol. The van der Waals surface area contributed by atoms with E-state index in [9.17, 15) is 0 Å². The first-order chi connectivity index (χ1) is 4.34. The van der Waals surface area contributed by atoms with Crippen molar-refractivity contribution in [3.63, 3.8) is 0 Å². The molecular weight excluding hydrogens is 130 g/mol. The van der Waals surface area contributed by atoms with Crippen molar-refractivity contribution in [2.45, 2.75) is 13.5 Å². The summed E-state index contributed by atoms with van der Waals surface area (Å²) in [6.45, 7) is 3.29. The molecule has 2 N–H and O–H groups in total. The quantitative estimate of drug-likeness (QED) is 0.627. The molecule has 0 aliphatic carbocycles. The predicted molar refractivity (Wildman–Crippen MR) is 40.6 cm³/mol. The predicted octanol–water partition coefficient (Wildman–Crippen LogP) is 0.750. The number of rotatable bonds is 2. The molecule has 0 saturated heterocycles. The molecule has 1 aromatic heterocycles. The molecule has 50 valence electrons. The first-order valence-electron chi connectivity index (χ1n) is 3.15. The normalized spacial score (nSPS) is 10.0. The van der Waals surface area contributed by atoms with Gasteiger partial charge in [0.2, 0.25) is 0 Å². The second kappa shape index (κ2) is 2.99. The van der Waals surface area contributed by atoms with E-state index in [4.69, 9.17) is 0 Å². The monoisotopic (exact) mass is 142 g/mol. The number of aryl methyl sites for hydroxylation is 1. The molecule has 0 atom stereocenters. The van der Waals surface area contributed by atoms with Gasteiger partial charge >= 0.3 is 0 Å². The maximum atomic E-state index is 2.19. The van der Waals surface area contributed by atoms with Crippen molar-refractivity contribution in [1.29, 1.82) is 0 Å². The second-order valence-corrected chi connectivity index (χ2v) is 3.14. The maximum absolute atomic E-state index is 2.19. The Bertz CT molecular complexity index is 181. The summed E-state index contributed by atoms with van der Waals surface area (Å²) >= 11 is 1.84. The highest BCUT2D eigenvalue weighted by molar-refractivity contribution is 7.10. The van der Waals surface area contributed by atoms with E-state index in [1.54, 1.807) is 0 Å². The summed E-state index contributed by atoms with van der Waals surface area (Å²) in [7, 11) is 2.10. The topological polar surface area (TPSA) is 16.6 Å². The van der Waals surface area contributed by atoms with Gasteiger partial charge in [0.25, 0.3) is 0 Å². The van der Waals surface area contributed by atoms with Gasteiger partial charge in [-0.3, -0.25) is 0 Å². The minimum absolute atomic E-state index is 1.13. The zero-order chi connectivity index (χ0) is 6.69. The number of hydrogen-bond donors (Lipinski definition) is 1. The molecule has 0 spiro atoms. The fraction of sp³-hybridized carbons (Fsp3) is 0.429. The van der Waals surface area contributed by atoms with Crippen LogP contribution < -0.4 is 5.32 Å². The van der Waals surface area contributed by atoms with Crippen LogP contribution in [0, 0.1) is 6.92 Å². The van der Waals surface area contributed by atoms with Crippen molar-refractivity contribution in [2.75, 3.05) is 7.05 Å². The molecule has 9 heavy (non-hydrogen) atoms. The molecule has 1 aromatic rings. The number of thiophene rings is 1. The van der Waals surface area contributed by atoms with Gasteiger partial charge in [-0.25, -0.2) is 0 Å². The van der Waals surface area contributed by atoms with Crippen molar-refractivity contribution in [3.05, 3.63) is 21.9 Å². The molecule has 0 fully saturated rings. The highest BCUT2D eigenvalue weighted by atomic mass is 32.1. The van der Waals surface area contributed by atoms with Gasteiger partial charge in [-0.2, -0.15) is 0 Å². The lowest BCUT2D eigenvalue weighted by molar-refractivity contribution is -0.642. The summed E-state index contributed by atoms with van der Waals surface area (Å²) < 4.78 is 0. The smallest absolute Gasteiger partial charge is 0.111 e. The lowest BCUT2D eigenvalue weighted by atomic mass is 10.3. The highest BCUT2D eigenvalue weighted by Crippen LogP contribution is 2.12. The molecule has 0 unspecified atom stereocenters. The molecule has 1 nitrogen and oxygen atoms in total. The van der Waals surface area contributed by atoms with Crippen molar-refractivity contribution < 1.29 is 5.32 Å². The molecule has 0 amide bonds. The lowest BCUT2D eigenvalue weighted by Crippen LogP contribution is -2.77. The Kier molecular flexibility index (Phi) is 2.25. The van der Waals surface area contributed by atoms with Gasteiger partial charge in [-0.1, -0.05) is 0 Å². The molecule has 1 heterocycles. The first kappa shape index (κ1) is 6.78. The Morgan fingerprint density at radius 1 is 1.67 bits per heavy atom. The summed E-state index contributed by atoms with van der Waals surface area (Å²) in [5.74, 6) is 0. The van der Waals surface area contributed by atoms with E-state index in [2.05, 4.69) is 30.7 Å². The average Bonchev–Trinajstić information content (AvgIpc) is 2.18. The van der Waals surface area contributed by atoms with Crippen LogP contribution in [0.1, 0.15) is 10.4 Å². The van der Waals surface area contributed by atoms with E-state index in [1.165, 1.54) is 10.4 Å². The van der Waals surface area contributed by atoms with Crippen molar-refractivity contribution in [3.8, 4) is 0 Å². The lowest BCUT2D eigenvalue weighted by Gasteiger charge is -1.91. The van der Waals surface area contributed by atoms with E-state index >= 15 is 0 Å². The Labute approximate surface area is 59.7 Å². The minimum atomic E-state index is 1.13. The van der Waals surface area contributed by atoms with E-state index in [1.807, 2.05) is 11.3 Å². The third-order valence-corrected chi connectivity index (χ3v) is 2.40. The molecular formula is C7H12NS+. The second-order valence-electron chi connectivity index (χ2n) is 2.14. The summed E-state index contributed by atoms with van der Waals surface area (Å²) in [4.78, 5) is 1.50. The van der Waals surface area contributed by atoms with Gasteiger partial charge in [-0.05, 0) is 23.9 Å². The summed E-state index contributed by atoms with van der Waals surface area (Å²) in [5.41, 5.74) is 1.43. The van der Waals surface area contributed by atoms with Gasteiger partial charge in [0.1, 0.15) is 6.54 Å². The number of hydrogen-bond acceptors (Lipinski definition) is 1. The Balaban J connectivity index is 2.69. The third kappa shape index (κ3) is 1.53. The molecule has 2 heteroatoms. The Morgan fingerprint density at radius 2 is 2.44 bits per heavy atom. The van der Waals surface area contributed by atoms with E-state index in [-0.39, 0.29) is 0 Å². The zero-order valence-corrected chi connectivity index (χ0v) is 6.66. The van der Waals surface area contributed by atoms with Crippen LogP contribution in [0.15, 0.2) is 11.4 Å². The van der Waals surface area contributed by atoms with Gasteiger partial charge in [0, 0.05) is 0 Å². The van der Waals surface area contributed by atoms with Gasteiger partial charge in [-0.15, -0.1) is 11.3 Å². The molecule has 0 saturated carbocycles. The van der Waals surface area contributed by atoms with Crippen LogP contribution in [0.5, 0.6) is 0 Å². The van der Waals surface area contributed by atoms with Crippen LogP contribution >= 0.6 is 11.3 Å². The Morgan fingerprint density at radius 3 is 2.89 bits per heavy atom. The van der Waals surface area contributed by atoms with Crippen LogP contribution in [0.25, 0.3) is 0 Å². The summed E-state index contributed by atoms with van der Waals surface area (Å²) in [6, 6.07) is 2.17. The largest absolute Gasteiger partial charge is 0.344 e. The zero-order valence-electron chi connectivity index (χ0n) is 5.85. The summed E-state index contributed by atoms with van der Waals surface area (Å²) in [6.07, 6.45) is 0. The van der Waals surface area contributed by atoms with Crippen molar-refractivity contribution in [2.24, 2.45) is 0 Å². The van der Waals surface area contributed by atoms with Crippen molar-refractivity contribution >= 4 is 11.3 Å². The van der Waals surface area contributed by atoms with Gasteiger partial charge in [0.15, 0.2) is 0 Å². The van der Waals surface area contributed by atoms with Gasteiger partial charge in [0.05, 0.1) is 11.9 Å². The van der Waals surface area contributed by atoms with Crippen LogP contribution in [0.2, 0.25) is 0 Å². The van der Waals surface area contributed by atoms with E-state index < -0.39 is 0 Å². The summed E-state index contributed by atoms with van der Waals surface area (Å²) in [5, 5.41) is 4.34. The number of quaternary nitrogens is 1. The van der Waals surface area contributed by atoms with E-state index in [0.717, 1.165) is 6.54 Å². The fourth-order valence-corrected chi connectivity index (χ4v) is 1.75. The molecule has 0 aromatic carbocycles. The molecule has 0 radical (unpaired) electrons. The van der Waals surface area contributed by atoms with Crippen LogP contribution in [-0.2, 0) is 6.54 Å². The van der Waals surface area contributed by atoms with Crippen molar-refractivity contribution in [1.82, 2.24) is 0 Å². The standard InChI is InChI=1S/C7H11NS/c1-6-3-4-9-7(6)5-8-2/h3-4,8H,5H2,1-2H3/p+1. The number of nitrogens with two attached hydrogens (primary N) is 1. The molecule has 1 rings (SSSR count). The van der Waals surface area contributed by atoms with Crippen LogP contribution in [-0.4, -0.2) is 7.05 Å². The fourth-order valence-electron chi connectivity index (χ4n) is 0.799. The van der Waals surface area contributed by atoms with E-state index in [0.29, 0.717) is 0 Å².